The van der Waals surface area contributed by atoms with Crippen LogP contribution in [0.5, 0.6) is 5.75 Å². The summed E-state index contributed by atoms with van der Waals surface area (Å²) in [7, 11) is -1.80. The molecule has 0 aromatic heterocycles. The zero-order valence-electron chi connectivity index (χ0n) is 16.6. The summed E-state index contributed by atoms with van der Waals surface area (Å²) in [6, 6.07) is 15.7. The summed E-state index contributed by atoms with van der Waals surface area (Å²) >= 11 is 0. The summed E-state index contributed by atoms with van der Waals surface area (Å²) in [5.74, 6) is 0.621. The Bertz CT molecular complexity index is 842. The van der Waals surface area contributed by atoms with Gasteiger partial charge in [0, 0.05) is 25.3 Å². The average molecular weight is 403 g/mol. The first-order chi connectivity index (χ1) is 13.6. The minimum Gasteiger partial charge on any atom is -0.497 e. The molecule has 2 aromatic carbocycles. The van der Waals surface area contributed by atoms with Gasteiger partial charge in [0.05, 0.1) is 12.9 Å². The molecule has 1 N–H and O–H groups in total. The number of hydrogen-bond acceptors (Lipinski definition) is 4. The predicted octanol–water partition coefficient (Wildman–Crippen LogP) is 3.74. The van der Waals surface area contributed by atoms with Crippen molar-refractivity contribution >= 4 is 15.7 Å². The van der Waals surface area contributed by atoms with Gasteiger partial charge in [0.1, 0.15) is 5.75 Å². The van der Waals surface area contributed by atoms with Crippen molar-refractivity contribution in [2.75, 3.05) is 31.6 Å². The van der Waals surface area contributed by atoms with Crippen LogP contribution in [0.2, 0.25) is 0 Å². The van der Waals surface area contributed by atoms with E-state index < -0.39 is 10.0 Å². The molecule has 152 valence electrons. The van der Waals surface area contributed by atoms with Crippen LogP contribution in [-0.4, -0.2) is 35.2 Å². The number of methoxy groups -OCH3 is 1. The standard InChI is InChI=1S/C22H30N2O3S/c1-27-22-8-6-7-20(17-22)18-28(25,26)23-14-13-19-9-11-21(12-10-19)24-15-4-2-3-5-16-24/h6-12,17,23H,2-5,13-16,18H2,1H3. The lowest BCUT2D eigenvalue weighted by Crippen LogP contribution is -2.27. The molecular formula is C22H30N2O3S. The second-order valence-corrected chi connectivity index (χ2v) is 9.13. The largest absolute Gasteiger partial charge is 0.497 e. The molecular weight excluding hydrogens is 372 g/mol. The number of ether oxygens (including phenoxy) is 1. The van der Waals surface area contributed by atoms with E-state index in [9.17, 15) is 8.42 Å². The van der Waals surface area contributed by atoms with Crippen molar-refractivity contribution in [2.24, 2.45) is 0 Å². The van der Waals surface area contributed by atoms with Crippen molar-refractivity contribution in [3.05, 3.63) is 59.7 Å². The van der Waals surface area contributed by atoms with Gasteiger partial charge >= 0.3 is 0 Å². The van der Waals surface area contributed by atoms with Gasteiger partial charge in [-0.05, 0) is 54.7 Å². The number of anilines is 1. The topological polar surface area (TPSA) is 58.6 Å². The quantitative estimate of drug-likeness (QED) is 0.731. The summed E-state index contributed by atoms with van der Waals surface area (Å²) in [4.78, 5) is 2.45. The molecule has 5 nitrogen and oxygen atoms in total. The molecule has 0 unspecified atom stereocenters. The number of sulfonamides is 1. The van der Waals surface area contributed by atoms with E-state index in [2.05, 4.69) is 33.9 Å². The highest BCUT2D eigenvalue weighted by Crippen LogP contribution is 2.20. The predicted molar refractivity (Wildman–Crippen MR) is 114 cm³/mol. The molecule has 1 heterocycles. The molecule has 1 aliphatic heterocycles. The third-order valence-corrected chi connectivity index (χ3v) is 6.49. The Morgan fingerprint density at radius 1 is 0.964 bits per heavy atom. The molecule has 1 fully saturated rings. The van der Waals surface area contributed by atoms with Gasteiger partial charge in [-0.15, -0.1) is 0 Å². The molecule has 0 radical (unpaired) electrons. The molecule has 6 heteroatoms. The number of hydrogen-bond donors (Lipinski definition) is 1. The molecule has 1 aliphatic rings. The van der Waals surface area contributed by atoms with Gasteiger partial charge < -0.3 is 9.64 Å². The molecule has 2 aromatic rings. The fraction of sp³-hybridized carbons (Fsp3) is 0.455. The van der Waals surface area contributed by atoms with Crippen LogP contribution < -0.4 is 14.4 Å². The van der Waals surface area contributed by atoms with Crippen LogP contribution in [0.4, 0.5) is 5.69 Å². The monoisotopic (exact) mass is 402 g/mol. The van der Waals surface area contributed by atoms with E-state index in [0.29, 0.717) is 24.3 Å². The Kier molecular flexibility index (Phi) is 7.34. The van der Waals surface area contributed by atoms with Gasteiger partial charge in [-0.25, -0.2) is 13.1 Å². The van der Waals surface area contributed by atoms with Crippen LogP contribution in [-0.2, 0) is 22.2 Å². The minimum atomic E-state index is -3.37. The van der Waals surface area contributed by atoms with E-state index in [0.717, 1.165) is 18.7 Å². The summed E-state index contributed by atoms with van der Waals surface area (Å²) < 4.78 is 32.5. The third kappa shape index (κ3) is 6.24. The maximum atomic E-state index is 12.3. The van der Waals surface area contributed by atoms with E-state index in [4.69, 9.17) is 4.74 Å². The second-order valence-electron chi connectivity index (χ2n) is 7.32. The van der Waals surface area contributed by atoms with Crippen molar-refractivity contribution in [1.29, 1.82) is 0 Å². The van der Waals surface area contributed by atoms with E-state index in [-0.39, 0.29) is 5.75 Å². The van der Waals surface area contributed by atoms with Crippen molar-refractivity contribution in [3.8, 4) is 5.75 Å². The van der Waals surface area contributed by atoms with Crippen LogP contribution in [0, 0.1) is 0 Å². The van der Waals surface area contributed by atoms with Crippen LogP contribution >= 0.6 is 0 Å². The van der Waals surface area contributed by atoms with E-state index in [1.165, 1.54) is 31.4 Å². The van der Waals surface area contributed by atoms with Crippen LogP contribution in [0.25, 0.3) is 0 Å². The molecule has 0 amide bonds. The molecule has 0 spiro atoms. The lowest BCUT2D eigenvalue weighted by molar-refractivity contribution is 0.414. The number of nitrogens with zero attached hydrogens (tertiary/aromatic N) is 1. The van der Waals surface area contributed by atoms with Gasteiger partial charge in [-0.1, -0.05) is 37.1 Å². The molecule has 0 aliphatic carbocycles. The summed E-state index contributed by atoms with van der Waals surface area (Å²) in [5.41, 5.74) is 3.13. The smallest absolute Gasteiger partial charge is 0.215 e. The maximum absolute atomic E-state index is 12.3. The van der Waals surface area contributed by atoms with Gasteiger partial charge in [0.15, 0.2) is 0 Å². The lowest BCUT2D eigenvalue weighted by Gasteiger charge is -2.22. The number of rotatable bonds is 8. The second kappa shape index (κ2) is 9.94. The van der Waals surface area contributed by atoms with Gasteiger partial charge in [0.2, 0.25) is 10.0 Å². The molecule has 0 saturated carbocycles. The van der Waals surface area contributed by atoms with Crippen molar-refractivity contribution in [1.82, 2.24) is 4.72 Å². The first-order valence-corrected chi connectivity index (χ1v) is 11.7. The maximum Gasteiger partial charge on any atom is 0.215 e. The Morgan fingerprint density at radius 3 is 2.36 bits per heavy atom. The Labute approximate surface area is 168 Å². The molecule has 1 saturated heterocycles. The summed E-state index contributed by atoms with van der Waals surface area (Å²) in [6.45, 7) is 2.65. The fourth-order valence-corrected chi connectivity index (χ4v) is 4.72. The van der Waals surface area contributed by atoms with Crippen molar-refractivity contribution < 1.29 is 13.2 Å². The first kappa shape index (κ1) is 20.7. The Hall–Kier alpha value is -2.05. The third-order valence-electron chi connectivity index (χ3n) is 5.13. The van der Waals surface area contributed by atoms with Crippen molar-refractivity contribution in [3.63, 3.8) is 0 Å². The Balaban J connectivity index is 1.49. The number of benzene rings is 2. The highest BCUT2D eigenvalue weighted by atomic mass is 32.2. The van der Waals surface area contributed by atoms with E-state index in [1.807, 2.05) is 0 Å². The fourth-order valence-electron chi connectivity index (χ4n) is 3.59. The normalized spacial score (nSPS) is 15.2. The van der Waals surface area contributed by atoms with E-state index in [1.54, 1.807) is 31.4 Å². The lowest BCUT2D eigenvalue weighted by atomic mass is 10.1. The SMILES string of the molecule is COc1cccc(CS(=O)(=O)NCCc2ccc(N3CCCCCC3)cc2)c1. The van der Waals surface area contributed by atoms with E-state index >= 15 is 0 Å². The van der Waals surface area contributed by atoms with Gasteiger partial charge in [-0.2, -0.15) is 0 Å². The highest BCUT2D eigenvalue weighted by molar-refractivity contribution is 7.88. The molecule has 0 atom stereocenters. The van der Waals surface area contributed by atoms with Gasteiger partial charge in [-0.3, -0.25) is 0 Å². The number of nitrogens with one attached hydrogen (secondary N) is 1. The minimum absolute atomic E-state index is 0.0436. The summed E-state index contributed by atoms with van der Waals surface area (Å²) in [5, 5.41) is 0. The van der Waals surface area contributed by atoms with Crippen LogP contribution in [0.15, 0.2) is 48.5 Å². The zero-order valence-corrected chi connectivity index (χ0v) is 17.4. The van der Waals surface area contributed by atoms with Crippen LogP contribution in [0.1, 0.15) is 36.8 Å². The van der Waals surface area contributed by atoms with Crippen molar-refractivity contribution in [2.45, 2.75) is 37.9 Å². The molecule has 3 rings (SSSR count). The average Bonchev–Trinajstić information content (AvgIpc) is 2.98. The molecule has 28 heavy (non-hydrogen) atoms. The van der Waals surface area contributed by atoms with Crippen LogP contribution in [0.3, 0.4) is 0 Å². The summed E-state index contributed by atoms with van der Waals surface area (Å²) in [6.07, 6.45) is 5.85. The van der Waals surface area contributed by atoms with Gasteiger partial charge in [0.25, 0.3) is 0 Å². The first-order valence-electron chi connectivity index (χ1n) is 10.00. The highest BCUT2D eigenvalue weighted by Gasteiger charge is 2.12. The molecule has 0 bridgehead atoms. The Morgan fingerprint density at radius 2 is 1.68 bits per heavy atom. The zero-order chi connectivity index (χ0) is 19.8.